The summed E-state index contributed by atoms with van der Waals surface area (Å²) < 4.78 is 24.9. The molecule has 0 fully saturated rings. The van der Waals surface area contributed by atoms with E-state index in [1.807, 2.05) is 37.4 Å². The number of hydrogen-bond acceptors (Lipinski definition) is 3. The monoisotopic (exact) mass is 287 g/mol. The van der Waals surface area contributed by atoms with Gasteiger partial charge >= 0.3 is 0 Å². The molecule has 1 N–H and O–H groups in total. The Labute approximate surface area is 123 Å². The zero-order valence-corrected chi connectivity index (χ0v) is 11.9. The normalized spacial score (nSPS) is 16.4. The van der Waals surface area contributed by atoms with Gasteiger partial charge in [0.2, 0.25) is 0 Å². The molecule has 0 bridgehead atoms. The second-order valence-electron chi connectivity index (χ2n) is 5.18. The molecule has 3 nitrogen and oxygen atoms in total. The Morgan fingerprint density at radius 1 is 1.29 bits per heavy atom. The van der Waals surface area contributed by atoms with Crippen LogP contribution in [0.15, 0.2) is 42.5 Å². The maximum absolute atomic E-state index is 13.6. The van der Waals surface area contributed by atoms with E-state index in [-0.39, 0.29) is 11.7 Å². The van der Waals surface area contributed by atoms with Crippen molar-refractivity contribution in [2.75, 3.05) is 20.3 Å². The van der Waals surface area contributed by atoms with Gasteiger partial charge in [0, 0.05) is 18.2 Å². The topological polar surface area (TPSA) is 30.5 Å². The van der Waals surface area contributed by atoms with Crippen molar-refractivity contribution in [3.8, 4) is 11.5 Å². The van der Waals surface area contributed by atoms with Crippen molar-refractivity contribution in [3.63, 3.8) is 0 Å². The Morgan fingerprint density at radius 2 is 2.14 bits per heavy atom. The fourth-order valence-electron chi connectivity index (χ4n) is 2.57. The molecule has 0 saturated heterocycles. The summed E-state index contributed by atoms with van der Waals surface area (Å²) in [7, 11) is 1.83. The number of benzene rings is 2. The summed E-state index contributed by atoms with van der Waals surface area (Å²) >= 11 is 0. The molecule has 0 amide bonds. The zero-order valence-electron chi connectivity index (χ0n) is 11.9. The maximum atomic E-state index is 13.6. The molecule has 4 heteroatoms. The summed E-state index contributed by atoms with van der Waals surface area (Å²) in [4.78, 5) is 0. The van der Waals surface area contributed by atoms with Crippen LogP contribution >= 0.6 is 0 Å². The van der Waals surface area contributed by atoms with Crippen LogP contribution in [0.1, 0.15) is 17.0 Å². The number of para-hydroxylation sites is 1. The molecule has 3 rings (SSSR count). The summed E-state index contributed by atoms with van der Waals surface area (Å²) in [6.07, 6.45) is 0. The van der Waals surface area contributed by atoms with Crippen LogP contribution in [-0.4, -0.2) is 20.3 Å². The van der Waals surface area contributed by atoms with E-state index in [0.717, 1.165) is 16.9 Å². The summed E-state index contributed by atoms with van der Waals surface area (Å²) in [6, 6.07) is 12.8. The van der Waals surface area contributed by atoms with Crippen molar-refractivity contribution in [1.82, 2.24) is 5.32 Å². The Balaban J connectivity index is 1.68. The first kappa shape index (κ1) is 13.9. The van der Waals surface area contributed by atoms with Crippen LogP contribution in [0.2, 0.25) is 0 Å². The van der Waals surface area contributed by atoms with Gasteiger partial charge in [-0.2, -0.15) is 0 Å². The molecule has 2 aromatic carbocycles. The van der Waals surface area contributed by atoms with Crippen LogP contribution in [0.4, 0.5) is 4.39 Å². The smallest absolute Gasteiger partial charge is 0.127 e. The van der Waals surface area contributed by atoms with Gasteiger partial charge in [-0.3, -0.25) is 0 Å². The van der Waals surface area contributed by atoms with Crippen LogP contribution < -0.4 is 14.8 Å². The van der Waals surface area contributed by atoms with E-state index in [4.69, 9.17) is 9.47 Å². The first-order valence-corrected chi connectivity index (χ1v) is 7.05. The minimum atomic E-state index is -0.277. The van der Waals surface area contributed by atoms with E-state index in [1.54, 1.807) is 0 Å². The van der Waals surface area contributed by atoms with Crippen LogP contribution in [-0.2, 0) is 6.54 Å². The van der Waals surface area contributed by atoms with Crippen molar-refractivity contribution < 1.29 is 13.9 Å². The van der Waals surface area contributed by atoms with Crippen molar-refractivity contribution in [2.45, 2.75) is 12.5 Å². The fourth-order valence-corrected chi connectivity index (χ4v) is 2.57. The molecular weight excluding hydrogens is 269 g/mol. The van der Waals surface area contributed by atoms with Gasteiger partial charge in [0.1, 0.15) is 17.3 Å². The predicted molar refractivity (Wildman–Crippen MR) is 79.3 cm³/mol. The molecular formula is C17H18FNO2. The van der Waals surface area contributed by atoms with Crippen LogP contribution in [0.5, 0.6) is 11.5 Å². The van der Waals surface area contributed by atoms with Crippen LogP contribution in [0.25, 0.3) is 0 Å². The predicted octanol–water partition coefficient (Wildman–Crippen LogP) is 3.10. The molecule has 2 aromatic rings. The molecule has 0 spiro atoms. The first-order chi connectivity index (χ1) is 10.3. The summed E-state index contributed by atoms with van der Waals surface area (Å²) in [5.41, 5.74) is 2.03. The molecule has 21 heavy (non-hydrogen) atoms. The SMILES string of the molecule is CNCc1cc(F)cc(OCC2COc3ccccc32)c1. The average molecular weight is 287 g/mol. The van der Waals surface area contributed by atoms with Gasteiger partial charge in [-0.25, -0.2) is 4.39 Å². The number of nitrogens with one attached hydrogen (secondary N) is 1. The highest BCUT2D eigenvalue weighted by Crippen LogP contribution is 2.33. The lowest BCUT2D eigenvalue weighted by Gasteiger charge is -2.12. The third kappa shape index (κ3) is 3.16. The molecule has 0 aromatic heterocycles. The van der Waals surface area contributed by atoms with E-state index in [1.165, 1.54) is 12.1 Å². The third-order valence-electron chi connectivity index (χ3n) is 3.56. The number of hydrogen-bond donors (Lipinski definition) is 1. The van der Waals surface area contributed by atoms with Crippen LogP contribution in [0, 0.1) is 5.82 Å². The highest BCUT2D eigenvalue weighted by molar-refractivity contribution is 5.40. The molecule has 0 aliphatic carbocycles. The molecule has 110 valence electrons. The molecule has 0 radical (unpaired) electrons. The van der Waals surface area contributed by atoms with Gasteiger partial charge in [0.15, 0.2) is 0 Å². The average Bonchev–Trinajstić information content (AvgIpc) is 2.88. The third-order valence-corrected chi connectivity index (χ3v) is 3.56. The summed E-state index contributed by atoms with van der Waals surface area (Å²) in [5.74, 6) is 1.39. The molecule has 0 saturated carbocycles. The van der Waals surface area contributed by atoms with Gasteiger partial charge < -0.3 is 14.8 Å². The molecule has 1 aliphatic heterocycles. The van der Waals surface area contributed by atoms with Gasteiger partial charge in [-0.15, -0.1) is 0 Å². The van der Waals surface area contributed by atoms with Gasteiger partial charge in [0.25, 0.3) is 0 Å². The lowest BCUT2D eigenvalue weighted by molar-refractivity contribution is 0.247. The van der Waals surface area contributed by atoms with Gasteiger partial charge in [-0.05, 0) is 30.8 Å². The Kier molecular flexibility index (Phi) is 4.06. The molecule has 1 atom stereocenters. The van der Waals surface area contributed by atoms with E-state index in [2.05, 4.69) is 5.32 Å². The minimum Gasteiger partial charge on any atom is -0.493 e. The fraction of sp³-hybridized carbons (Fsp3) is 0.294. The highest BCUT2D eigenvalue weighted by Gasteiger charge is 2.24. The second kappa shape index (κ2) is 6.14. The van der Waals surface area contributed by atoms with Gasteiger partial charge in [-0.1, -0.05) is 18.2 Å². The number of rotatable bonds is 5. The largest absolute Gasteiger partial charge is 0.493 e. The summed E-state index contributed by atoms with van der Waals surface area (Å²) in [5, 5.41) is 3.01. The van der Waals surface area contributed by atoms with Crippen LogP contribution in [0.3, 0.4) is 0 Å². The summed E-state index contributed by atoms with van der Waals surface area (Å²) in [6.45, 7) is 1.71. The Bertz CT molecular complexity index is 630. The minimum absolute atomic E-state index is 0.192. The number of ether oxygens (including phenoxy) is 2. The van der Waals surface area contributed by atoms with Crippen molar-refractivity contribution in [1.29, 1.82) is 0 Å². The van der Waals surface area contributed by atoms with E-state index < -0.39 is 0 Å². The Hall–Kier alpha value is -2.07. The van der Waals surface area contributed by atoms with E-state index in [0.29, 0.717) is 25.5 Å². The van der Waals surface area contributed by atoms with E-state index >= 15 is 0 Å². The van der Waals surface area contributed by atoms with Crippen molar-refractivity contribution in [2.24, 2.45) is 0 Å². The van der Waals surface area contributed by atoms with E-state index in [9.17, 15) is 4.39 Å². The lowest BCUT2D eigenvalue weighted by Crippen LogP contribution is -2.12. The quantitative estimate of drug-likeness (QED) is 0.916. The van der Waals surface area contributed by atoms with Crippen molar-refractivity contribution >= 4 is 0 Å². The molecule has 1 heterocycles. The van der Waals surface area contributed by atoms with Gasteiger partial charge in [0.05, 0.1) is 19.1 Å². The molecule has 1 unspecified atom stereocenters. The number of halogens is 1. The lowest BCUT2D eigenvalue weighted by atomic mass is 10.0. The number of fused-ring (bicyclic) bond motifs is 1. The molecule has 1 aliphatic rings. The Morgan fingerprint density at radius 3 is 3.00 bits per heavy atom. The zero-order chi connectivity index (χ0) is 14.7. The van der Waals surface area contributed by atoms with Crippen molar-refractivity contribution in [3.05, 3.63) is 59.4 Å². The standard InChI is InChI=1S/C17H18FNO2/c1-19-9-12-6-14(18)8-15(7-12)20-10-13-11-21-17-5-3-2-4-16(13)17/h2-8,13,19H,9-11H2,1H3. The second-order valence-corrected chi connectivity index (χ2v) is 5.18. The first-order valence-electron chi connectivity index (χ1n) is 7.05. The highest BCUT2D eigenvalue weighted by atomic mass is 19.1. The maximum Gasteiger partial charge on any atom is 0.127 e.